The van der Waals surface area contributed by atoms with Gasteiger partial charge in [0, 0.05) is 6.07 Å². The van der Waals surface area contributed by atoms with Crippen LogP contribution < -0.4 is 4.31 Å². The van der Waals surface area contributed by atoms with Crippen molar-refractivity contribution in [2.45, 2.75) is 25.7 Å². The van der Waals surface area contributed by atoms with Gasteiger partial charge in [0.2, 0.25) is 0 Å². The maximum atomic E-state index is 13.4. The van der Waals surface area contributed by atoms with Crippen LogP contribution in [-0.2, 0) is 24.3 Å². The topological polar surface area (TPSA) is 133 Å². The summed E-state index contributed by atoms with van der Waals surface area (Å²) in [6, 6.07) is 8.95. The summed E-state index contributed by atoms with van der Waals surface area (Å²) < 4.78 is 37.3. The summed E-state index contributed by atoms with van der Waals surface area (Å²) in [5.41, 5.74) is -0.0179. The monoisotopic (exact) mass is 450 g/mol. The van der Waals surface area contributed by atoms with E-state index in [0.717, 1.165) is 16.4 Å². The Hall–Kier alpha value is -3.47. The van der Waals surface area contributed by atoms with Gasteiger partial charge >= 0.3 is 11.9 Å². The van der Waals surface area contributed by atoms with Crippen LogP contribution in [0.5, 0.6) is 0 Å². The van der Waals surface area contributed by atoms with Crippen LogP contribution in [0.1, 0.15) is 29.8 Å². The molecule has 0 aliphatic heterocycles. The Morgan fingerprint density at radius 1 is 1.06 bits per heavy atom. The number of nitro benzene ring substituents is 1. The van der Waals surface area contributed by atoms with Crippen molar-refractivity contribution in [1.82, 2.24) is 0 Å². The zero-order chi connectivity index (χ0) is 23.2. The predicted molar refractivity (Wildman–Crippen MR) is 111 cm³/mol. The van der Waals surface area contributed by atoms with Crippen LogP contribution in [0.4, 0.5) is 11.4 Å². The molecule has 0 aliphatic rings. The summed E-state index contributed by atoms with van der Waals surface area (Å²) in [5.74, 6) is -1.42. The fraction of sp³-hybridized carbons (Fsp3) is 0.300. The first-order chi connectivity index (χ1) is 14.6. The minimum atomic E-state index is -4.53. The molecule has 0 atom stereocenters. The molecule has 2 aromatic rings. The van der Waals surface area contributed by atoms with E-state index in [2.05, 4.69) is 0 Å². The third-order valence-corrected chi connectivity index (χ3v) is 5.99. The first-order valence-corrected chi connectivity index (χ1v) is 10.8. The van der Waals surface area contributed by atoms with Crippen molar-refractivity contribution in [3.8, 4) is 0 Å². The maximum absolute atomic E-state index is 13.4. The predicted octanol–water partition coefficient (Wildman–Crippen LogP) is 2.84. The molecule has 0 aromatic heterocycles. The molecule has 0 N–H and O–H groups in total. The van der Waals surface area contributed by atoms with Gasteiger partial charge in [-0.3, -0.25) is 19.2 Å². The number of carbonyl (C=O) groups is 2. The molecule has 0 aliphatic carbocycles. The number of esters is 2. The minimum Gasteiger partial charge on any atom is -0.465 e. The second-order valence-corrected chi connectivity index (χ2v) is 8.09. The molecule has 2 aromatic carbocycles. The van der Waals surface area contributed by atoms with Gasteiger partial charge in [-0.05, 0) is 50.6 Å². The number of aryl methyl sites for hydroxylation is 1. The molecule has 0 heterocycles. The molecule has 0 fully saturated rings. The molecule has 0 saturated carbocycles. The number of nitro groups is 1. The lowest BCUT2D eigenvalue weighted by Gasteiger charge is -2.25. The minimum absolute atomic E-state index is 0.0268. The molecule has 2 rings (SSSR count). The molecule has 11 heteroatoms. The van der Waals surface area contributed by atoms with Crippen molar-refractivity contribution < 1.29 is 32.4 Å². The Kier molecular flexibility index (Phi) is 7.70. The van der Waals surface area contributed by atoms with E-state index in [1.54, 1.807) is 20.8 Å². The quantitative estimate of drug-likeness (QED) is 0.323. The number of benzene rings is 2. The number of sulfonamides is 1. The highest BCUT2D eigenvalue weighted by Crippen LogP contribution is 2.32. The van der Waals surface area contributed by atoms with Crippen LogP contribution in [0.3, 0.4) is 0 Å². The molecular weight excluding hydrogens is 428 g/mol. The van der Waals surface area contributed by atoms with E-state index in [1.807, 2.05) is 0 Å². The highest BCUT2D eigenvalue weighted by molar-refractivity contribution is 7.93. The largest absolute Gasteiger partial charge is 0.465 e. The molecule has 31 heavy (non-hydrogen) atoms. The van der Waals surface area contributed by atoms with Gasteiger partial charge in [-0.25, -0.2) is 13.2 Å². The molecule has 166 valence electrons. The lowest BCUT2D eigenvalue weighted by molar-refractivity contribution is -0.387. The van der Waals surface area contributed by atoms with Gasteiger partial charge in [0.15, 0.2) is 4.90 Å². The number of carbonyl (C=O) groups excluding carboxylic acids is 2. The lowest BCUT2D eigenvalue weighted by Crippen LogP contribution is -2.37. The summed E-state index contributed by atoms with van der Waals surface area (Å²) in [6.07, 6.45) is 0. The molecule has 0 bridgehead atoms. The van der Waals surface area contributed by atoms with Gasteiger partial charge in [-0.1, -0.05) is 12.1 Å². The fourth-order valence-corrected chi connectivity index (χ4v) is 4.48. The smallest absolute Gasteiger partial charge is 0.338 e. The molecular formula is C20H22N2O8S. The zero-order valence-electron chi connectivity index (χ0n) is 17.2. The van der Waals surface area contributed by atoms with Crippen molar-refractivity contribution >= 4 is 33.3 Å². The third kappa shape index (κ3) is 5.37. The van der Waals surface area contributed by atoms with Crippen LogP contribution in [0.15, 0.2) is 47.4 Å². The zero-order valence-corrected chi connectivity index (χ0v) is 18.0. The lowest BCUT2D eigenvalue weighted by atomic mass is 10.1. The Balaban J connectivity index is 2.63. The molecule has 0 spiro atoms. The molecule has 0 amide bonds. The average Bonchev–Trinajstić information content (AvgIpc) is 2.72. The summed E-state index contributed by atoms with van der Waals surface area (Å²) in [5, 5.41) is 11.4. The Morgan fingerprint density at radius 3 is 2.29 bits per heavy atom. The van der Waals surface area contributed by atoms with Crippen LogP contribution >= 0.6 is 0 Å². The van der Waals surface area contributed by atoms with E-state index >= 15 is 0 Å². The summed E-state index contributed by atoms with van der Waals surface area (Å²) in [4.78, 5) is 34.1. The van der Waals surface area contributed by atoms with Crippen molar-refractivity contribution in [3.63, 3.8) is 0 Å². The second kappa shape index (κ2) is 10.0. The molecule has 0 unspecified atom stereocenters. The van der Waals surface area contributed by atoms with Crippen LogP contribution in [-0.4, -0.2) is 45.0 Å². The van der Waals surface area contributed by atoms with E-state index < -0.39 is 44.0 Å². The molecule has 0 radical (unpaired) electrons. The van der Waals surface area contributed by atoms with E-state index in [9.17, 15) is 28.1 Å². The normalized spacial score (nSPS) is 10.9. The number of hydrogen-bond acceptors (Lipinski definition) is 8. The number of ether oxygens (including phenoxy) is 2. The van der Waals surface area contributed by atoms with E-state index in [0.29, 0.717) is 5.56 Å². The van der Waals surface area contributed by atoms with Crippen molar-refractivity contribution in [1.29, 1.82) is 0 Å². The number of para-hydroxylation sites is 1. The summed E-state index contributed by atoms with van der Waals surface area (Å²) >= 11 is 0. The summed E-state index contributed by atoms with van der Waals surface area (Å²) in [7, 11) is -4.53. The molecule has 0 saturated heterocycles. The van der Waals surface area contributed by atoms with Gasteiger partial charge in [0.05, 0.1) is 29.4 Å². The Morgan fingerprint density at radius 2 is 1.71 bits per heavy atom. The SMILES string of the molecule is CCOC(=O)CN(c1ccc(C(=O)OCC)cc1C)S(=O)(=O)c1ccccc1[N+](=O)[O-]. The molecule has 10 nitrogen and oxygen atoms in total. The van der Waals surface area contributed by atoms with Crippen LogP contribution in [0.25, 0.3) is 0 Å². The second-order valence-electron chi connectivity index (χ2n) is 6.26. The first-order valence-electron chi connectivity index (χ1n) is 9.33. The van der Waals surface area contributed by atoms with Crippen LogP contribution in [0.2, 0.25) is 0 Å². The first kappa shape index (κ1) is 23.8. The fourth-order valence-electron chi connectivity index (χ4n) is 2.85. The number of rotatable bonds is 9. The highest BCUT2D eigenvalue weighted by atomic mass is 32.2. The van der Waals surface area contributed by atoms with E-state index in [1.165, 1.54) is 30.3 Å². The Labute approximate surface area is 179 Å². The Bertz CT molecular complexity index is 1100. The standard InChI is InChI=1S/C20H22N2O8S/c1-4-29-19(23)13-21(16-11-10-15(12-14(16)3)20(24)30-5-2)31(27,28)18-9-7-6-8-17(18)22(25)26/h6-12H,4-5,13H2,1-3H3. The van der Waals surface area contributed by atoms with Gasteiger partial charge in [0.25, 0.3) is 15.7 Å². The van der Waals surface area contributed by atoms with E-state index in [4.69, 9.17) is 9.47 Å². The van der Waals surface area contributed by atoms with Gasteiger partial charge in [-0.2, -0.15) is 0 Å². The number of hydrogen-bond donors (Lipinski definition) is 0. The van der Waals surface area contributed by atoms with Gasteiger partial charge in [-0.15, -0.1) is 0 Å². The maximum Gasteiger partial charge on any atom is 0.338 e. The van der Waals surface area contributed by atoms with Crippen LogP contribution in [0, 0.1) is 17.0 Å². The van der Waals surface area contributed by atoms with Gasteiger partial charge in [0.1, 0.15) is 6.54 Å². The van der Waals surface area contributed by atoms with E-state index in [-0.39, 0.29) is 24.5 Å². The van der Waals surface area contributed by atoms with Crippen molar-refractivity contribution in [2.75, 3.05) is 24.1 Å². The van der Waals surface area contributed by atoms with Crippen molar-refractivity contribution in [3.05, 3.63) is 63.7 Å². The third-order valence-electron chi connectivity index (χ3n) is 4.18. The number of anilines is 1. The number of nitrogens with zero attached hydrogens (tertiary/aromatic N) is 2. The average molecular weight is 450 g/mol. The van der Waals surface area contributed by atoms with Gasteiger partial charge < -0.3 is 9.47 Å². The van der Waals surface area contributed by atoms with Crippen molar-refractivity contribution in [2.24, 2.45) is 0 Å². The summed E-state index contributed by atoms with van der Waals surface area (Å²) in [6.45, 7) is 4.25. The highest BCUT2D eigenvalue weighted by Gasteiger charge is 2.34.